The highest BCUT2D eigenvalue weighted by Gasteiger charge is 2.73. The lowest BCUT2D eigenvalue weighted by molar-refractivity contribution is -0.288. The molecule has 1 aliphatic heterocycles. The van der Waals surface area contributed by atoms with Crippen molar-refractivity contribution in [2.24, 2.45) is 0 Å². The summed E-state index contributed by atoms with van der Waals surface area (Å²) in [5.41, 5.74) is 0.611. The van der Waals surface area contributed by atoms with Crippen LogP contribution in [-0.4, -0.2) is 49.8 Å². The third-order valence-electron chi connectivity index (χ3n) is 14.1. The molecule has 0 saturated carbocycles. The van der Waals surface area contributed by atoms with E-state index in [-0.39, 0.29) is 29.7 Å². The van der Waals surface area contributed by atoms with Gasteiger partial charge >= 0.3 is 12.4 Å². The van der Waals surface area contributed by atoms with Crippen LogP contribution in [-0.2, 0) is 30.1 Å². The first kappa shape index (κ1) is 45.3. The number of benzene rings is 6. The van der Waals surface area contributed by atoms with Gasteiger partial charge < -0.3 is 4.90 Å². The number of ketones is 2. The minimum Gasteiger partial charge on any atom is -0.377 e. The predicted molar refractivity (Wildman–Crippen MR) is 246 cm³/mol. The molecule has 1 heterocycles. The van der Waals surface area contributed by atoms with Gasteiger partial charge in [0, 0.05) is 43.8 Å². The molecule has 342 valence electrons. The SMILES string of the molecule is CCc1cc(C2(c3cc(C)c(N4C(=O)c5ccc(C(c6ccc7c(c6)C(=O)CCC7=O)(C(F)(F)F)C(F)(F)F)cc5C4=O)c(CC)c3)c3ccccc3-c3ccccc32)cc(CC)c1N(C)C. The lowest BCUT2D eigenvalue weighted by Crippen LogP contribution is -2.55. The Morgan fingerprint density at radius 1 is 0.537 bits per heavy atom. The molecule has 0 atom stereocenters. The van der Waals surface area contributed by atoms with Crippen LogP contribution in [0.4, 0.5) is 37.7 Å². The Bertz CT molecular complexity index is 3020. The number of anilines is 2. The summed E-state index contributed by atoms with van der Waals surface area (Å²) in [6, 6.07) is 28.6. The molecule has 0 unspecified atom stereocenters. The van der Waals surface area contributed by atoms with Crippen LogP contribution in [0, 0.1) is 6.92 Å². The van der Waals surface area contributed by atoms with Crippen molar-refractivity contribution in [2.75, 3.05) is 23.9 Å². The van der Waals surface area contributed by atoms with Gasteiger partial charge in [-0.2, -0.15) is 26.3 Å². The fourth-order valence-electron chi connectivity index (χ4n) is 11.2. The predicted octanol–water partition coefficient (Wildman–Crippen LogP) is 12.5. The first-order valence-electron chi connectivity index (χ1n) is 22.3. The van der Waals surface area contributed by atoms with Crippen molar-refractivity contribution in [1.29, 1.82) is 0 Å². The van der Waals surface area contributed by atoms with Crippen molar-refractivity contribution in [1.82, 2.24) is 0 Å². The molecule has 0 spiro atoms. The van der Waals surface area contributed by atoms with Crippen LogP contribution in [0.1, 0.15) is 131 Å². The van der Waals surface area contributed by atoms with E-state index in [0.717, 1.165) is 80.1 Å². The number of carbonyl (C=O) groups excluding carboxylic acids is 4. The number of Topliss-reactive ketones (excluding diaryl/α,β-unsaturated/α-hetero) is 2. The second kappa shape index (κ2) is 15.9. The smallest absolute Gasteiger partial charge is 0.377 e. The maximum Gasteiger partial charge on any atom is 0.411 e. The van der Waals surface area contributed by atoms with Gasteiger partial charge in [0.05, 0.1) is 22.2 Å². The van der Waals surface area contributed by atoms with Crippen molar-refractivity contribution in [3.63, 3.8) is 0 Å². The zero-order valence-corrected chi connectivity index (χ0v) is 37.7. The molecule has 2 aliphatic carbocycles. The van der Waals surface area contributed by atoms with Crippen LogP contribution < -0.4 is 9.80 Å². The summed E-state index contributed by atoms with van der Waals surface area (Å²) in [6.07, 6.45) is -10.9. The molecule has 0 bridgehead atoms. The second-order valence-electron chi connectivity index (χ2n) is 17.8. The number of alkyl halides is 6. The highest BCUT2D eigenvalue weighted by molar-refractivity contribution is 6.35. The first-order valence-corrected chi connectivity index (χ1v) is 22.3. The van der Waals surface area contributed by atoms with Crippen molar-refractivity contribution in [3.05, 3.63) is 187 Å². The number of imide groups is 1. The number of rotatable bonds is 9. The van der Waals surface area contributed by atoms with E-state index in [4.69, 9.17) is 0 Å². The molecule has 6 nitrogen and oxygen atoms in total. The zero-order valence-electron chi connectivity index (χ0n) is 37.7. The molecule has 2 amide bonds. The highest BCUT2D eigenvalue weighted by atomic mass is 19.4. The zero-order chi connectivity index (χ0) is 48.1. The number of aryl methyl sites for hydroxylation is 4. The number of carbonyl (C=O) groups is 4. The fraction of sp³-hybridized carbons (Fsp3) is 0.273. The van der Waals surface area contributed by atoms with Crippen LogP contribution in [0.25, 0.3) is 11.1 Å². The van der Waals surface area contributed by atoms with E-state index in [1.807, 2.05) is 57.4 Å². The summed E-state index contributed by atoms with van der Waals surface area (Å²) in [4.78, 5) is 57.4. The summed E-state index contributed by atoms with van der Waals surface area (Å²) in [6.45, 7) is 7.85. The van der Waals surface area contributed by atoms with E-state index in [9.17, 15) is 19.2 Å². The maximum absolute atomic E-state index is 15.5. The highest BCUT2D eigenvalue weighted by Crippen LogP contribution is 2.59. The van der Waals surface area contributed by atoms with E-state index in [2.05, 4.69) is 55.1 Å². The van der Waals surface area contributed by atoms with Gasteiger partial charge in [-0.15, -0.1) is 0 Å². The number of hydrogen-bond donors (Lipinski definition) is 0. The minimum absolute atomic E-state index is 0.191. The van der Waals surface area contributed by atoms with Gasteiger partial charge in [-0.3, -0.25) is 19.2 Å². The average molecular weight is 913 g/mol. The van der Waals surface area contributed by atoms with Crippen LogP contribution in [0.15, 0.2) is 109 Å². The van der Waals surface area contributed by atoms with Gasteiger partial charge in [-0.05, 0) is 111 Å². The van der Waals surface area contributed by atoms with Crippen LogP contribution >= 0.6 is 0 Å². The number of nitrogens with zero attached hydrogens (tertiary/aromatic N) is 2. The van der Waals surface area contributed by atoms with Gasteiger partial charge in [-0.1, -0.05) is 112 Å². The quantitative estimate of drug-likeness (QED) is 0.107. The molecular weight excluding hydrogens is 867 g/mol. The van der Waals surface area contributed by atoms with Gasteiger partial charge in [0.25, 0.3) is 11.8 Å². The molecule has 0 fully saturated rings. The van der Waals surface area contributed by atoms with Crippen LogP contribution in [0.2, 0.25) is 0 Å². The largest absolute Gasteiger partial charge is 0.411 e. The van der Waals surface area contributed by atoms with E-state index in [1.165, 1.54) is 0 Å². The van der Waals surface area contributed by atoms with E-state index in [0.29, 0.717) is 41.8 Å². The van der Waals surface area contributed by atoms with Crippen LogP contribution in [0.3, 0.4) is 0 Å². The Balaban J connectivity index is 1.23. The third-order valence-corrected chi connectivity index (χ3v) is 14.1. The number of hydrogen-bond acceptors (Lipinski definition) is 5. The van der Waals surface area contributed by atoms with Gasteiger partial charge in [-0.25, -0.2) is 4.90 Å². The van der Waals surface area contributed by atoms with Gasteiger partial charge in [0.1, 0.15) is 0 Å². The molecular formula is C55H46F6N2O4. The first-order chi connectivity index (χ1) is 31.8. The molecule has 0 aromatic heterocycles. The fourth-order valence-corrected chi connectivity index (χ4v) is 11.2. The minimum atomic E-state index is -6.07. The molecule has 0 radical (unpaired) electrons. The lowest BCUT2D eigenvalue weighted by atomic mass is 9.66. The Hall–Kier alpha value is -6.82. The second-order valence-corrected chi connectivity index (χ2v) is 17.8. The maximum atomic E-state index is 15.5. The molecule has 0 N–H and O–H groups in total. The van der Waals surface area contributed by atoms with Gasteiger partial charge in [0.15, 0.2) is 11.6 Å². The Kier molecular flexibility index (Phi) is 10.8. The molecule has 6 aromatic carbocycles. The summed E-state index contributed by atoms with van der Waals surface area (Å²) < 4.78 is 92.9. The molecule has 12 heteroatoms. The monoisotopic (exact) mass is 912 g/mol. The molecule has 67 heavy (non-hydrogen) atoms. The molecule has 6 aromatic rings. The van der Waals surface area contributed by atoms with Crippen molar-refractivity contribution >= 4 is 34.8 Å². The summed E-state index contributed by atoms with van der Waals surface area (Å²) >= 11 is 0. The number of fused-ring (bicyclic) bond motifs is 5. The van der Waals surface area contributed by atoms with Crippen LogP contribution in [0.5, 0.6) is 0 Å². The molecule has 3 aliphatic rings. The topological polar surface area (TPSA) is 74.8 Å². The Morgan fingerprint density at radius 2 is 0.985 bits per heavy atom. The lowest BCUT2D eigenvalue weighted by Gasteiger charge is -2.38. The molecule has 9 rings (SSSR count). The summed E-state index contributed by atoms with van der Waals surface area (Å²) in [7, 11) is 4.06. The summed E-state index contributed by atoms with van der Waals surface area (Å²) in [5.74, 6) is -3.32. The van der Waals surface area contributed by atoms with E-state index < -0.39 is 68.8 Å². The Morgan fingerprint density at radius 3 is 1.49 bits per heavy atom. The van der Waals surface area contributed by atoms with Crippen molar-refractivity contribution < 1.29 is 45.5 Å². The summed E-state index contributed by atoms with van der Waals surface area (Å²) in [5, 5.41) is 0. The molecule has 0 saturated heterocycles. The Labute approximate surface area is 384 Å². The number of amides is 2. The van der Waals surface area contributed by atoms with E-state index >= 15 is 26.3 Å². The third kappa shape index (κ3) is 6.38. The average Bonchev–Trinajstić information content (AvgIpc) is 3.73. The number of halogens is 6. The van der Waals surface area contributed by atoms with E-state index in [1.54, 1.807) is 6.92 Å². The van der Waals surface area contributed by atoms with Crippen molar-refractivity contribution in [2.45, 2.75) is 83.0 Å². The van der Waals surface area contributed by atoms with Crippen molar-refractivity contribution in [3.8, 4) is 11.1 Å². The normalized spacial score (nSPS) is 15.4. The standard InChI is InChI=1S/C55H46F6N2O4/c1-7-31-25-36(52(37-26-32(8-2)49(62(5)6)33(9-3)27-37)44-16-12-10-14-38(44)39-15-11-13-17-45(39)52)24-30(4)48(31)63-50(66)41-21-19-35(29-43(41)51(63)67)53(54(56,57)58,55(59,60)61)34-18-20-40-42(28-34)47(65)23-22-46(40)64/h10-21,24-29H,7-9,22-23H2,1-6H3. The van der Waals surface area contributed by atoms with Gasteiger partial charge in [0.2, 0.25) is 5.41 Å².